The molecule has 0 saturated carbocycles. The summed E-state index contributed by atoms with van der Waals surface area (Å²) in [4.78, 5) is 4.42. The summed E-state index contributed by atoms with van der Waals surface area (Å²) in [5.41, 5.74) is 8.60. The number of nitrogens with zero attached hydrogens (tertiary/aromatic N) is 3. The molecule has 208 valence electrons. The number of rotatable bonds is 3. The zero-order valence-electron chi connectivity index (χ0n) is 24.3. The van der Waals surface area contributed by atoms with Crippen molar-refractivity contribution in [3.05, 3.63) is 157 Å². The van der Waals surface area contributed by atoms with E-state index in [1.54, 1.807) is 0 Å². The van der Waals surface area contributed by atoms with Crippen molar-refractivity contribution in [3.63, 3.8) is 0 Å². The van der Waals surface area contributed by atoms with Crippen LogP contribution in [0.15, 0.2) is 152 Å². The van der Waals surface area contributed by atoms with E-state index in [0.717, 1.165) is 38.6 Å². The van der Waals surface area contributed by atoms with Crippen LogP contribution >= 0.6 is 0 Å². The molecule has 3 heteroatoms. The Morgan fingerprint density at radius 2 is 1.07 bits per heavy atom. The number of para-hydroxylation sites is 1. The third-order valence-electron chi connectivity index (χ3n) is 9.07. The zero-order valence-corrected chi connectivity index (χ0v) is 24.3. The van der Waals surface area contributed by atoms with E-state index in [4.69, 9.17) is 0 Å². The first kappa shape index (κ1) is 25.3. The summed E-state index contributed by atoms with van der Waals surface area (Å²) in [6.45, 7) is 0. The highest BCUT2D eigenvalue weighted by molar-refractivity contribution is 6.24. The van der Waals surface area contributed by atoms with Gasteiger partial charge >= 0.3 is 0 Å². The van der Waals surface area contributed by atoms with Crippen LogP contribution in [-0.4, -0.2) is 9.55 Å². The van der Waals surface area contributed by atoms with E-state index in [1.807, 2.05) is 36.7 Å². The van der Waals surface area contributed by atoms with Crippen LogP contribution in [0.25, 0.3) is 82.1 Å². The molecule has 3 nitrogen and oxygen atoms in total. The Kier molecular flexibility index (Phi) is 5.57. The largest absolute Gasteiger partial charge is 0.309 e. The van der Waals surface area contributed by atoms with E-state index in [-0.39, 0.29) is 0 Å². The molecular formula is C42H25N3. The summed E-state index contributed by atoms with van der Waals surface area (Å²) in [6, 6.07) is 51.8. The fraction of sp³-hybridized carbons (Fsp3) is 0. The van der Waals surface area contributed by atoms with Crippen molar-refractivity contribution in [2.45, 2.75) is 0 Å². The van der Waals surface area contributed by atoms with Gasteiger partial charge in [-0.15, -0.1) is 0 Å². The van der Waals surface area contributed by atoms with Crippen molar-refractivity contribution in [2.24, 2.45) is 0 Å². The molecule has 0 amide bonds. The summed E-state index contributed by atoms with van der Waals surface area (Å²) < 4.78 is 2.29. The van der Waals surface area contributed by atoms with E-state index in [0.29, 0.717) is 5.56 Å². The molecule has 0 aliphatic carbocycles. The van der Waals surface area contributed by atoms with E-state index in [1.165, 1.54) is 43.4 Å². The molecule has 0 atom stereocenters. The van der Waals surface area contributed by atoms with Gasteiger partial charge < -0.3 is 4.57 Å². The van der Waals surface area contributed by atoms with Crippen LogP contribution in [0.1, 0.15) is 5.56 Å². The average Bonchev–Trinajstić information content (AvgIpc) is 3.44. The topological polar surface area (TPSA) is 41.6 Å². The van der Waals surface area contributed by atoms with Gasteiger partial charge in [-0.05, 0) is 110 Å². The van der Waals surface area contributed by atoms with Crippen molar-refractivity contribution in [3.8, 4) is 34.0 Å². The molecular weight excluding hydrogens is 546 g/mol. The van der Waals surface area contributed by atoms with Crippen LogP contribution in [0.4, 0.5) is 0 Å². The maximum Gasteiger partial charge on any atom is 0.0991 e. The van der Waals surface area contributed by atoms with Gasteiger partial charge in [0, 0.05) is 34.4 Å². The molecule has 7 aromatic carbocycles. The molecule has 45 heavy (non-hydrogen) atoms. The van der Waals surface area contributed by atoms with Gasteiger partial charge in [-0.1, -0.05) is 78.9 Å². The number of nitriles is 1. The predicted octanol–water partition coefficient (Wildman–Crippen LogP) is 10.8. The number of hydrogen-bond acceptors (Lipinski definition) is 2. The standard InChI is InChI=1S/C42H25N3/c43-25-27-16-18-41-39(21-27)40-22-28(17-19-42(40)45(41)30-10-2-1-3-11-30)35-23-37-34-15-7-5-13-32(34)36(29-9-8-20-44-26-29)24-38(37)33-14-6-4-12-31(33)35/h1-24,26H. The van der Waals surface area contributed by atoms with Crippen molar-refractivity contribution >= 4 is 54.1 Å². The molecule has 9 aromatic rings. The molecule has 0 N–H and O–H groups in total. The minimum absolute atomic E-state index is 0.659. The van der Waals surface area contributed by atoms with Crippen LogP contribution in [0.5, 0.6) is 0 Å². The van der Waals surface area contributed by atoms with E-state index in [2.05, 4.69) is 131 Å². The van der Waals surface area contributed by atoms with Gasteiger partial charge in [0.1, 0.15) is 0 Å². The molecule has 0 spiro atoms. The monoisotopic (exact) mass is 571 g/mol. The van der Waals surface area contributed by atoms with Gasteiger partial charge in [-0.2, -0.15) is 5.26 Å². The third kappa shape index (κ3) is 3.87. The van der Waals surface area contributed by atoms with Crippen LogP contribution in [0.2, 0.25) is 0 Å². The van der Waals surface area contributed by atoms with Crippen LogP contribution in [-0.2, 0) is 0 Å². The van der Waals surface area contributed by atoms with Crippen molar-refractivity contribution in [1.29, 1.82) is 5.26 Å². The Balaban J connectivity index is 1.37. The second-order valence-corrected chi connectivity index (χ2v) is 11.5. The molecule has 0 aliphatic heterocycles. The van der Waals surface area contributed by atoms with Crippen LogP contribution in [0.3, 0.4) is 0 Å². The zero-order chi connectivity index (χ0) is 29.9. The van der Waals surface area contributed by atoms with Crippen molar-refractivity contribution in [2.75, 3.05) is 0 Å². The summed E-state index contributed by atoms with van der Waals surface area (Å²) in [5.74, 6) is 0. The molecule has 0 radical (unpaired) electrons. The summed E-state index contributed by atoms with van der Waals surface area (Å²) in [7, 11) is 0. The molecule has 0 unspecified atom stereocenters. The first-order chi connectivity index (χ1) is 22.3. The Morgan fingerprint density at radius 3 is 1.71 bits per heavy atom. The molecule has 0 bridgehead atoms. The Hall–Kier alpha value is -6.24. The lowest BCUT2D eigenvalue weighted by Gasteiger charge is -2.16. The Labute approximate surface area is 259 Å². The van der Waals surface area contributed by atoms with Gasteiger partial charge in [-0.25, -0.2) is 0 Å². The number of pyridine rings is 1. The second kappa shape index (κ2) is 9.91. The second-order valence-electron chi connectivity index (χ2n) is 11.5. The smallest absolute Gasteiger partial charge is 0.0991 e. The molecule has 9 rings (SSSR count). The molecule has 2 aromatic heterocycles. The van der Waals surface area contributed by atoms with Crippen LogP contribution < -0.4 is 0 Å². The van der Waals surface area contributed by atoms with E-state index in [9.17, 15) is 5.26 Å². The van der Waals surface area contributed by atoms with Gasteiger partial charge in [0.25, 0.3) is 0 Å². The normalized spacial score (nSPS) is 11.5. The highest BCUT2D eigenvalue weighted by atomic mass is 15.0. The lowest BCUT2D eigenvalue weighted by atomic mass is 9.88. The fourth-order valence-corrected chi connectivity index (χ4v) is 7.07. The van der Waals surface area contributed by atoms with E-state index < -0.39 is 0 Å². The Bertz CT molecular complexity index is 2640. The summed E-state index contributed by atoms with van der Waals surface area (Å²) in [5, 5.41) is 19.3. The van der Waals surface area contributed by atoms with Gasteiger partial charge in [0.15, 0.2) is 0 Å². The first-order valence-corrected chi connectivity index (χ1v) is 15.1. The Morgan fingerprint density at radius 1 is 0.467 bits per heavy atom. The number of hydrogen-bond donors (Lipinski definition) is 0. The van der Waals surface area contributed by atoms with Crippen LogP contribution in [0, 0.1) is 11.3 Å². The highest BCUT2D eigenvalue weighted by Crippen LogP contribution is 2.43. The summed E-state index contributed by atoms with van der Waals surface area (Å²) >= 11 is 0. The van der Waals surface area contributed by atoms with Crippen molar-refractivity contribution in [1.82, 2.24) is 9.55 Å². The number of aromatic nitrogens is 2. The number of fused-ring (bicyclic) bond motifs is 8. The lowest BCUT2D eigenvalue weighted by Crippen LogP contribution is -1.93. The minimum Gasteiger partial charge on any atom is -0.309 e. The highest BCUT2D eigenvalue weighted by Gasteiger charge is 2.17. The predicted molar refractivity (Wildman–Crippen MR) is 187 cm³/mol. The van der Waals surface area contributed by atoms with Gasteiger partial charge in [0.05, 0.1) is 22.7 Å². The molecule has 0 fully saturated rings. The minimum atomic E-state index is 0.659. The fourth-order valence-electron chi connectivity index (χ4n) is 7.07. The quantitative estimate of drug-likeness (QED) is 0.198. The third-order valence-corrected chi connectivity index (χ3v) is 9.07. The van der Waals surface area contributed by atoms with E-state index >= 15 is 0 Å². The summed E-state index contributed by atoms with van der Waals surface area (Å²) in [6.07, 6.45) is 3.77. The maximum absolute atomic E-state index is 9.76. The van der Waals surface area contributed by atoms with Gasteiger partial charge in [0.2, 0.25) is 0 Å². The maximum atomic E-state index is 9.76. The lowest BCUT2D eigenvalue weighted by molar-refractivity contribution is 1.18. The van der Waals surface area contributed by atoms with Gasteiger partial charge in [-0.3, -0.25) is 4.98 Å². The molecule has 0 saturated heterocycles. The first-order valence-electron chi connectivity index (χ1n) is 15.1. The molecule has 0 aliphatic rings. The SMILES string of the molecule is N#Cc1ccc2c(c1)c1cc(-c3cc4c5ccccc5c(-c5cccnc5)cc4c4ccccc34)ccc1n2-c1ccccc1. The number of benzene rings is 7. The average molecular weight is 572 g/mol. The van der Waals surface area contributed by atoms with Crippen molar-refractivity contribution < 1.29 is 0 Å². The molecule has 2 heterocycles.